The topological polar surface area (TPSA) is 90.9 Å². The van der Waals surface area contributed by atoms with E-state index in [9.17, 15) is 0 Å². The summed E-state index contributed by atoms with van der Waals surface area (Å²) in [5, 5.41) is 4.37. The van der Waals surface area contributed by atoms with Gasteiger partial charge in [0.2, 0.25) is 5.88 Å². The molecule has 7 nitrogen and oxygen atoms in total. The second kappa shape index (κ2) is 6.29. The van der Waals surface area contributed by atoms with Crippen molar-refractivity contribution in [1.29, 1.82) is 0 Å². The van der Waals surface area contributed by atoms with E-state index in [-0.39, 0.29) is 6.04 Å². The van der Waals surface area contributed by atoms with E-state index < -0.39 is 0 Å². The van der Waals surface area contributed by atoms with Crippen molar-refractivity contribution in [3.63, 3.8) is 0 Å². The van der Waals surface area contributed by atoms with Gasteiger partial charge in [0.15, 0.2) is 0 Å². The second-order valence-corrected chi connectivity index (χ2v) is 5.17. The molecular weight excluding hydrogens is 324 g/mol. The number of halogens is 1. The highest BCUT2D eigenvalue weighted by Crippen LogP contribution is 2.25. The maximum Gasteiger partial charge on any atom is 0.216 e. The third-order valence-electron chi connectivity index (χ3n) is 3.09. The van der Waals surface area contributed by atoms with Gasteiger partial charge in [-0.1, -0.05) is 0 Å². The van der Waals surface area contributed by atoms with Gasteiger partial charge in [0, 0.05) is 19.5 Å². The molecule has 0 aliphatic heterocycles. The van der Waals surface area contributed by atoms with Gasteiger partial charge in [-0.2, -0.15) is 5.10 Å². The summed E-state index contributed by atoms with van der Waals surface area (Å²) < 4.78 is 7.93. The molecule has 1 unspecified atom stereocenters. The highest BCUT2D eigenvalue weighted by molar-refractivity contribution is 9.10. The zero-order chi connectivity index (χ0) is 14.7. The fourth-order valence-corrected chi connectivity index (χ4v) is 2.50. The van der Waals surface area contributed by atoms with E-state index in [1.165, 1.54) is 6.33 Å². The minimum absolute atomic E-state index is 0.155. The number of hydrazine groups is 1. The third-order valence-corrected chi connectivity index (χ3v) is 4.12. The maximum atomic E-state index is 5.65. The van der Waals surface area contributed by atoms with E-state index in [0.29, 0.717) is 12.3 Å². The smallest absolute Gasteiger partial charge is 0.216 e. The number of hydrogen-bond acceptors (Lipinski definition) is 6. The normalized spacial score (nSPS) is 12.4. The van der Waals surface area contributed by atoms with Crippen molar-refractivity contribution >= 4 is 15.9 Å². The molecule has 0 aliphatic carbocycles. The lowest BCUT2D eigenvalue weighted by molar-refractivity contribution is 0.393. The molecule has 0 aliphatic rings. The molecule has 2 heterocycles. The van der Waals surface area contributed by atoms with E-state index in [1.54, 1.807) is 13.2 Å². The minimum Gasteiger partial charge on any atom is -0.481 e. The zero-order valence-electron chi connectivity index (χ0n) is 11.6. The number of rotatable bonds is 5. The summed E-state index contributed by atoms with van der Waals surface area (Å²) in [6.07, 6.45) is 2.11. The molecule has 0 aromatic carbocycles. The van der Waals surface area contributed by atoms with Crippen LogP contribution in [0.3, 0.4) is 0 Å². The zero-order valence-corrected chi connectivity index (χ0v) is 13.2. The van der Waals surface area contributed by atoms with E-state index in [4.69, 9.17) is 10.6 Å². The standard InChI is InChI=1S/C12H17BrN6O/c1-7-12(13)10(19(2)18-7)4-9(17-14)8-5-11(20-3)16-6-15-8/h5-6,9,17H,4,14H2,1-3H3. The largest absolute Gasteiger partial charge is 0.481 e. The number of ether oxygens (including phenoxy) is 1. The Labute approximate surface area is 125 Å². The average Bonchev–Trinajstić information content (AvgIpc) is 2.70. The Bertz CT molecular complexity index is 600. The SMILES string of the molecule is COc1cc(C(Cc2c(Br)c(C)nn2C)NN)ncn1. The molecule has 2 rings (SSSR count). The number of nitrogens with two attached hydrogens (primary N) is 1. The Morgan fingerprint density at radius 2 is 2.25 bits per heavy atom. The first-order chi connectivity index (χ1) is 9.56. The number of methoxy groups -OCH3 is 1. The number of nitrogens with one attached hydrogen (secondary N) is 1. The molecule has 0 saturated heterocycles. The number of nitrogens with zero attached hydrogens (tertiary/aromatic N) is 4. The van der Waals surface area contributed by atoms with Gasteiger partial charge in [0.1, 0.15) is 6.33 Å². The summed E-state index contributed by atoms with van der Waals surface area (Å²) in [6, 6.07) is 1.61. The van der Waals surface area contributed by atoms with Crippen molar-refractivity contribution in [2.24, 2.45) is 12.9 Å². The predicted octanol–water partition coefficient (Wildman–Crippen LogP) is 1.04. The van der Waals surface area contributed by atoms with Crippen LogP contribution >= 0.6 is 15.9 Å². The summed E-state index contributed by atoms with van der Waals surface area (Å²) in [5.41, 5.74) is 5.53. The van der Waals surface area contributed by atoms with E-state index in [2.05, 4.69) is 36.4 Å². The lowest BCUT2D eigenvalue weighted by Crippen LogP contribution is -2.31. The third kappa shape index (κ3) is 2.97. The summed E-state index contributed by atoms with van der Waals surface area (Å²) >= 11 is 3.55. The van der Waals surface area contributed by atoms with Gasteiger partial charge in [0.05, 0.1) is 34.7 Å². The fourth-order valence-electron chi connectivity index (χ4n) is 2.00. The number of hydrogen-bond donors (Lipinski definition) is 2. The van der Waals surface area contributed by atoms with Crippen LogP contribution in [0.4, 0.5) is 0 Å². The van der Waals surface area contributed by atoms with Crippen LogP contribution in [0.1, 0.15) is 23.1 Å². The van der Waals surface area contributed by atoms with Crippen LogP contribution < -0.4 is 16.0 Å². The van der Waals surface area contributed by atoms with Crippen molar-refractivity contribution in [2.75, 3.05) is 7.11 Å². The summed E-state index contributed by atoms with van der Waals surface area (Å²) in [6.45, 7) is 1.95. The van der Waals surface area contributed by atoms with E-state index in [1.807, 2.05) is 18.7 Å². The molecule has 0 spiro atoms. The van der Waals surface area contributed by atoms with Gasteiger partial charge in [-0.3, -0.25) is 16.0 Å². The summed E-state index contributed by atoms with van der Waals surface area (Å²) in [5.74, 6) is 6.16. The lowest BCUT2D eigenvalue weighted by atomic mass is 10.1. The summed E-state index contributed by atoms with van der Waals surface area (Å²) in [7, 11) is 3.47. The monoisotopic (exact) mass is 340 g/mol. The van der Waals surface area contributed by atoms with Gasteiger partial charge in [-0.15, -0.1) is 0 Å². The van der Waals surface area contributed by atoms with E-state index in [0.717, 1.165) is 21.6 Å². The van der Waals surface area contributed by atoms with Crippen molar-refractivity contribution in [1.82, 2.24) is 25.2 Å². The van der Waals surface area contributed by atoms with Crippen molar-refractivity contribution in [3.8, 4) is 5.88 Å². The molecular formula is C12H17BrN6O. The number of aromatic nitrogens is 4. The van der Waals surface area contributed by atoms with Crippen molar-refractivity contribution in [2.45, 2.75) is 19.4 Å². The van der Waals surface area contributed by atoms with Gasteiger partial charge in [-0.05, 0) is 22.9 Å². The quantitative estimate of drug-likeness (QED) is 0.624. The molecule has 0 fully saturated rings. The Hall–Kier alpha value is -1.51. The molecule has 0 amide bonds. The summed E-state index contributed by atoms with van der Waals surface area (Å²) in [4.78, 5) is 8.23. The molecule has 1 atom stereocenters. The molecule has 108 valence electrons. The lowest BCUT2D eigenvalue weighted by Gasteiger charge is -2.16. The van der Waals surface area contributed by atoms with Crippen LogP contribution in [-0.4, -0.2) is 26.9 Å². The van der Waals surface area contributed by atoms with Crippen LogP contribution in [0.15, 0.2) is 16.9 Å². The maximum absolute atomic E-state index is 5.65. The first kappa shape index (κ1) is 14.9. The average molecular weight is 341 g/mol. The Balaban J connectivity index is 2.28. The minimum atomic E-state index is -0.155. The Morgan fingerprint density at radius 1 is 1.50 bits per heavy atom. The predicted molar refractivity (Wildman–Crippen MR) is 78.0 cm³/mol. The van der Waals surface area contributed by atoms with Crippen LogP contribution in [0.2, 0.25) is 0 Å². The Kier molecular flexibility index (Phi) is 4.69. The van der Waals surface area contributed by atoms with Gasteiger partial charge in [0.25, 0.3) is 0 Å². The number of aryl methyl sites for hydroxylation is 2. The molecule has 8 heteroatoms. The molecule has 0 radical (unpaired) electrons. The van der Waals surface area contributed by atoms with Crippen LogP contribution in [0.5, 0.6) is 5.88 Å². The first-order valence-electron chi connectivity index (χ1n) is 6.06. The van der Waals surface area contributed by atoms with Crippen molar-refractivity contribution in [3.05, 3.63) is 33.9 Å². The molecule has 0 bridgehead atoms. The van der Waals surface area contributed by atoms with Crippen molar-refractivity contribution < 1.29 is 4.74 Å². The highest BCUT2D eigenvalue weighted by atomic mass is 79.9. The molecule has 20 heavy (non-hydrogen) atoms. The van der Waals surface area contributed by atoms with Crippen LogP contribution in [-0.2, 0) is 13.5 Å². The fraction of sp³-hybridized carbons (Fsp3) is 0.417. The van der Waals surface area contributed by atoms with Gasteiger partial charge in [-0.25, -0.2) is 9.97 Å². The second-order valence-electron chi connectivity index (χ2n) is 4.38. The molecule has 2 aromatic heterocycles. The van der Waals surface area contributed by atoms with Crippen LogP contribution in [0.25, 0.3) is 0 Å². The van der Waals surface area contributed by atoms with Gasteiger partial charge >= 0.3 is 0 Å². The molecule has 0 saturated carbocycles. The highest BCUT2D eigenvalue weighted by Gasteiger charge is 2.19. The van der Waals surface area contributed by atoms with Gasteiger partial charge < -0.3 is 4.74 Å². The molecule has 3 N–H and O–H groups in total. The van der Waals surface area contributed by atoms with Crippen LogP contribution in [0, 0.1) is 6.92 Å². The first-order valence-corrected chi connectivity index (χ1v) is 6.86. The van der Waals surface area contributed by atoms with E-state index >= 15 is 0 Å². The molecule has 2 aromatic rings. The Morgan fingerprint density at radius 3 is 2.80 bits per heavy atom.